The summed E-state index contributed by atoms with van der Waals surface area (Å²) in [6, 6.07) is 6.87. The molecule has 1 aliphatic heterocycles. The van der Waals surface area contributed by atoms with E-state index in [1.54, 1.807) is 29.2 Å². The number of hydrogen-bond donors (Lipinski definition) is 1. The quantitative estimate of drug-likeness (QED) is 0.923. The third kappa shape index (κ3) is 3.71. The maximum Gasteiger partial charge on any atom is 0.252 e. The van der Waals surface area contributed by atoms with Crippen molar-refractivity contribution in [2.45, 2.75) is 19.4 Å². The van der Waals surface area contributed by atoms with Gasteiger partial charge in [-0.1, -0.05) is 17.7 Å². The number of anilines is 1. The Morgan fingerprint density at radius 2 is 2.35 bits per heavy atom. The molecule has 1 N–H and O–H groups in total. The van der Waals surface area contributed by atoms with Crippen LogP contribution in [0.15, 0.2) is 24.3 Å². The van der Waals surface area contributed by atoms with Gasteiger partial charge in [-0.2, -0.15) is 0 Å². The highest BCUT2D eigenvalue weighted by Gasteiger charge is 2.30. The molecule has 20 heavy (non-hydrogen) atoms. The zero-order chi connectivity index (χ0) is 14.5. The second kappa shape index (κ2) is 6.72. The molecule has 1 heterocycles. The van der Waals surface area contributed by atoms with Gasteiger partial charge in [0.05, 0.1) is 13.0 Å². The van der Waals surface area contributed by atoms with E-state index in [4.69, 9.17) is 16.3 Å². The maximum absolute atomic E-state index is 12.0. The Labute approximate surface area is 122 Å². The molecule has 1 atom stereocenters. The van der Waals surface area contributed by atoms with Gasteiger partial charge >= 0.3 is 0 Å². The summed E-state index contributed by atoms with van der Waals surface area (Å²) in [5.41, 5.74) is 0.609. The first kappa shape index (κ1) is 14.8. The third-order valence-corrected chi connectivity index (χ3v) is 3.36. The summed E-state index contributed by atoms with van der Waals surface area (Å²) >= 11 is 5.84. The minimum Gasteiger partial charge on any atom is -0.366 e. The van der Waals surface area contributed by atoms with Crippen molar-refractivity contribution in [1.82, 2.24) is 4.90 Å². The second-order valence-electron chi connectivity index (χ2n) is 4.54. The van der Waals surface area contributed by atoms with Crippen LogP contribution in [0.4, 0.5) is 5.69 Å². The van der Waals surface area contributed by atoms with E-state index in [9.17, 15) is 9.59 Å². The summed E-state index contributed by atoms with van der Waals surface area (Å²) in [6.45, 7) is 3.59. The van der Waals surface area contributed by atoms with E-state index in [-0.39, 0.29) is 18.2 Å². The van der Waals surface area contributed by atoms with Gasteiger partial charge in [-0.25, -0.2) is 0 Å². The lowest BCUT2D eigenvalue weighted by Crippen LogP contribution is -2.48. The van der Waals surface area contributed by atoms with Crippen molar-refractivity contribution in [2.24, 2.45) is 0 Å². The lowest BCUT2D eigenvalue weighted by atomic mass is 10.1. The molecule has 1 fully saturated rings. The van der Waals surface area contributed by atoms with Gasteiger partial charge in [0.25, 0.3) is 5.91 Å². The van der Waals surface area contributed by atoms with Crippen LogP contribution in [-0.2, 0) is 14.3 Å². The Balaban J connectivity index is 1.92. The molecule has 0 aromatic heterocycles. The Kier molecular flexibility index (Phi) is 4.98. The van der Waals surface area contributed by atoms with Crippen molar-refractivity contribution >= 4 is 29.1 Å². The number of carbonyl (C=O) groups is 2. The summed E-state index contributed by atoms with van der Waals surface area (Å²) in [5.74, 6) is -0.386. The van der Waals surface area contributed by atoms with Crippen LogP contribution in [-0.4, -0.2) is 42.5 Å². The summed E-state index contributed by atoms with van der Waals surface area (Å²) in [5, 5.41) is 3.26. The third-order valence-electron chi connectivity index (χ3n) is 3.13. The van der Waals surface area contributed by atoms with E-state index < -0.39 is 6.10 Å². The van der Waals surface area contributed by atoms with Crippen molar-refractivity contribution in [1.29, 1.82) is 0 Å². The molecule has 0 radical (unpaired) electrons. The zero-order valence-corrected chi connectivity index (χ0v) is 12.0. The molecule has 1 aromatic rings. The summed E-state index contributed by atoms with van der Waals surface area (Å²) in [6.07, 6.45) is -0.676. The van der Waals surface area contributed by atoms with Crippen LogP contribution in [0, 0.1) is 0 Å². The van der Waals surface area contributed by atoms with Crippen LogP contribution in [0.3, 0.4) is 0 Å². The smallest absolute Gasteiger partial charge is 0.252 e. The van der Waals surface area contributed by atoms with Crippen molar-refractivity contribution in [3.05, 3.63) is 29.3 Å². The molecule has 108 valence electrons. The van der Waals surface area contributed by atoms with E-state index in [1.807, 2.05) is 6.92 Å². The SMILES string of the molecule is CCN1CCO[C@@H](CC(=O)Nc2cccc(Cl)c2)C1=O. The molecule has 1 saturated heterocycles. The minimum absolute atomic E-state index is 0.0157. The van der Waals surface area contributed by atoms with Crippen LogP contribution in [0.2, 0.25) is 5.02 Å². The van der Waals surface area contributed by atoms with Gasteiger partial charge in [-0.05, 0) is 25.1 Å². The van der Waals surface area contributed by atoms with Gasteiger partial charge in [0.15, 0.2) is 0 Å². The van der Waals surface area contributed by atoms with E-state index in [0.29, 0.717) is 30.4 Å². The first-order valence-electron chi connectivity index (χ1n) is 6.56. The van der Waals surface area contributed by atoms with Crippen LogP contribution >= 0.6 is 11.6 Å². The number of morpholine rings is 1. The van der Waals surface area contributed by atoms with Crippen LogP contribution in [0.25, 0.3) is 0 Å². The predicted molar refractivity (Wildman–Crippen MR) is 76.7 cm³/mol. The largest absolute Gasteiger partial charge is 0.366 e. The van der Waals surface area contributed by atoms with Crippen LogP contribution < -0.4 is 5.32 Å². The molecule has 1 aliphatic rings. The molecule has 0 unspecified atom stereocenters. The molecule has 0 saturated carbocycles. The molecular weight excluding hydrogens is 280 g/mol. The number of halogens is 1. The van der Waals surface area contributed by atoms with Gasteiger partial charge < -0.3 is 15.0 Å². The van der Waals surface area contributed by atoms with Crippen molar-refractivity contribution in [3.63, 3.8) is 0 Å². The molecular formula is C14H17ClN2O3. The normalized spacial score (nSPS) is 19.0. The molecule has 0 bridgehead atoms. The fourth-order valence-electron chi connectivity index (χ4n) is 2.10. The first-order valence-corrected chi connectivity index (χ1v) is 6.93. The number of ether oxygens (including phenoxy) is 1. The molecule has 6 heteroatoms. The number of likely N-dealkylation sites (N-methyl/N-ethyl adjacent to an activating group) is 1. The average Bonchev–Trinajstić information content (AvgIpc) is 2.41. The Bertz CT molecular complexity index is 507. The number of amides is 2. The van der Waals surface area contributed by atoms with Crippen molar-refractivity contribution in [3.8, 4) is 0 Å². The zero-order valence-electron chi connectivity index (χ0n) is 11.3. The Morgan fingerprint density at radius 1 is 1.55 bits per heavy atom. The van der Waals surface area contributed by atoms with E-state index >= 15 is 0 Å². The second-order valence-corrected chi connectivity index (χ2v) is 4.98. The van der Waals surface area contributed by atoms with E-state index in [1.165, 1.54) is 0 Å². The van der Waals surface area contributed by atoms with E-state index in [2.05, 4.69) is 5.32 Å². The molecule has 0 spiro atoms. The van der Waals surface area contributed by atoms with E-state index in [0.717, 1.165) is 0 Å². The molecule has 1 aromatic carbocycles. The average molecular weight is 297 g/mol. The van der Waals surface area contributed by atoms with Gasteiger partial charge in [0.1, 0.15) is 6.10 Å². The topological polar surface area (TPSA) is 58.6 Å². The number of nitrogens with one attached hydrogen (secondary N) is 1. The monoisotopic (exact) mass is 296 g/mol. The number of nitrogens with zero attached hydrogens (tertiary/aromatic N) is 1. The number of carbonyl (C=O) groups excluding carboxylic acids is 2. The summed E-state index contributed by atoms with van der Waals surface area (Å²) < 4.78 is 5.38. The van der Waals surface area contributed by atoms with Gasteiger partial charge in [-0.3, -0.25) is 9.59 Å². The molecule has 2 amide bonds. The van der Waals surface area contributed by atoms with Crippen molar-refractivity contribution in [2.75, 3.05) is 25.0 Å². The molecule has 2 rings (SSSR count). The molecule has 0 aliphatic carbocycles. The lowest BCUT2D eigenvalue weighted by Gasteiger charge is -2.31. The summed E-state index contributed by atoms with van der Waals surface area (Å²) in [7, 11) is 0. The highest BCUT2D eigenvalue weighted by Crippen LogP contribution is 2.16. The highest BCUT2D eigenvalue weighted by atomic mass is 35.5. The Hall–Kier alpha value is -1.59. The van der Waals surface area contributed by atoms with Gasteiger partial charge in [-0.15, -0.1) is 0 Å². The maximum atomic E-state index is 12.0. The number of rotatable bonds is 4. The lowest BCUT2D eigenvalue weighted by molar-refractivity contribution is -0.154. The first-order chi connectivity index (χ1) is 9.60. The van der Waals surface area contributed by atoms with Crippen LogP contribution in [0.5, 0.6) is 0 Å². The number of benzene rings is 1. The minimum atomic E-state index is -0.692. The standard InChI is InChI=1S/C14H17ClN2O3/c1-2-17-6-7-20-12(14(17)19)9-13(18)16-11-5-3-4-10(15)8-11/h3-5,8,12H,2,6-7,9H2,1H3,(H,16,18)/t12-/m0/s1. The fourth-order valence-corrected chi connectivity index (χ4v) is 2.29. The summed E-state index contributed by atoms with van der Waals surface area (Å²) in [4.78, 5) is 25.6. The van der Waals surface area contributed by atoms with Gasteiger partial charge in [0.2, 0.25) is 5.91 Å². The highest BCUT2D eigenvalue weighted by molar-refractivity contribution is 6.30. The van der Waals surface area contributed by atoms with Gasteiger partial charge in [0, 0.05) is 23.8 Å². The predicted octanol–water partition coefficient (Wildman–Crippen LogP) is 1.92. The fraction of sp³-hybridized carbons (Fsp3) is 0.429. The number of hydrogen-bond acceptors (Lipinski definition) is 3. The van der Waals surface area contributed by atoms with Crippen LogP contribution in [0.1, 0.15) is 13.3 Å². The Morgan fingerprint density at radius 3 is 3.05 bits per heavy atom. The van der Waals surface area contributed by atoms with Crippen molar-refractivity contribution < 1.29 is 14.3 Å². The molecule has 5 nitrogen and oxygen atoms in total.